The Morgan fingerprint density at radius 3 is 2.52 bits per heavy atom. The van der Waals surface area contributed by atoms with Crippen LogP contribution in [-0.4, -0.2) is 26.1 Å². The summed E-state index contributed by atoms with van der Waals surface area (Å²) in [6.45, 7) is 0. The number of fused-ring (bicyclic) bond motifs is 1. The van der Waals surface area contributed by atoms with Gasteiger partial charge in [0.1, 0.15) is 5.75 Å². The lowest BCUT2D eigenvalue weighted by atomic mass is 10.1. The normalized spacial score (nSPS) is 15.8. The highest BCUT2D eigenvalue weighted by Gasteiger charge is 2.22. The van der Waals surface area contributed by atoms with Crippen molar-refractivity contribution in [2.75, 3.05) is 5.75 Å². The van der Waals surface area contributed by atoms with Gasteiger partial charge in [0.05, 0.1) is 5.75 Å². The van der Waals surface area contributed by atoms with Gasteiger partial charge in [0.2, 0.25) is 5.91 Å². The van der Waals surface area contributed by atoms with Gasteiger partial charge in [-0.2, -0.15) is 0 Å². The van der Waals surface area contributed by atoms with Crippen molar-refractivity contribution in [3.8, 4) is 0 Å². The van der Waals surface area contributed by atoms with E-state index in [1.165, 1.54) is 0 Å². The maximum absolute atomic E-state index is 12.4. The average molecular weight is 331 g/mol. The molecule has 1 saturated carbocycles. The topological polar surface area (TPSA) is 63.2 Å². The highest BCUT2D eigenvalue weighted by Crippen LogP contribution is 2.21. The Morgan fingerprint density at radius 2 is 1.74 bits per heavy atom. The van der Waals surface area contributed by atoms with Crippen LogP contribution in [0.2, 0.25) is 0 Å². The van der Waals surface area contributed by atoms with Crippen molar-refractivity contribution in [2.45, 2.75) is 37.5 Å². The molecule has 5 heteroatoms. The van der Waals surface area contributed by atoms with Crippen molar-refractivity contribution in [1.29, 1.82) is 0 Å². The Bertz CT molecular complexity index is 803. The molecule has 1 aliphatic rings. The van der Waals surface area contributed by atoms with Gasteiger partial charge in [-0.3, -0.25) is 4.79 Å². The maximum Gasteiger partial charge on any atom is 0.235 e. The summed E-state index contributed by atoms with van der Waals surface area (Å²) < 4.78 is 24.7. The Labute approximate surface area is 136 Å². The van der Waals surface area contributed by atoms with E-state index in [1.54, 1.807) is 0 Å². The van der Waals surface area contributed by atoms with Gasteiger partial charge in [0.25, 0.3) is 0 Å². The van der Waals surface area contributed by atoms with E-state index in [9.17, 15) is 13.2 Å². The Balaban J connectivity index is 1.71. The lowest BCUT2D eigenvalue weighted by Gasteiger charge is -2.12. The first kappa shape index (κ1) is 16.0. The molecule has 3 rings (SSSR count). The third-order valence-electron chi connectivity index (χ3n) is 4.33. The van der Waals surface area contributed by atoms with Gasteiger partial charge >= 0.3 is 0 Å². The van der Waals surface area contributed by atoms with E-state index in [0.29, 0.717) is 0 Å². The van der Waals surface area contributed by atoms with E-state index >= 15 is 0 Å². The fourth-order valence-corrected chi connectivity index (χ4v) is 4.56. The molecule has 1 amide bonds. The summed E-state index contributed by atoms with van der Waals surface area (Å²) in [7, 11) is -3.48. The Hall–Kier alpha value is -1.88. The van der Waals surface area contributed by atoms with Gasteiger partial charge in [-0.1, -0.05) is 55.3 Å². The molecule has 1 aliphatic carbocycles. The summed E-state index contributed by atoms with van der Waals surface area (Å²) in [6.07, 6.45) is 4.12. The summed E-state index contributed by atoms with van der Waals surface area (Å²) >= 11 is 0. The standard InChI is InChI=1S/C18H21NO3S/c20-18(19-16-9-2-3-10-16)13-23(21,22)12-15-8-5-7-14-6-1-4-11-17(14)15/h1,4-8,11,16H,2-3,9-10,12-13H2,(H,19,20). The SMILES string of the molecule is O=C(CS(=O)(=O)Cc1cccc2ccccc12)NC1CCCC1. The number of sulfone groups is 1. The molecule has 0 radical (unpaired) electrons. The second-order valence-corrected chi connectivity index (χ2v) is 8.28. The lowest BCUT2D eigenvalue weighted by Crippen LogP contribution is -2.37. The van der Waals surface area contributed by atoms with Crippen molar-refractivity contribution >= 4 is 26.5 Å². The van der Waals surface area contributed by atoms with Gasteiger partial charge in [0, 0.05) is 6.04 Å². The molecule has 0 aromatic heterocycles. The zero-order chi connectivity index (χ0) is 16.3. The van der Waals surface area contributed by atoms with Crippen LogP contribution in [0.25, 0.3) is 10.8 Å². The summed E-state index contributed by atoms with van der Waals surface area (Å²) in [4.78, 5) is 12.0. The summed E-state index contributed by atoms with van der Waals surface area (Å²) in [5.74, 6) is -0.920. The molecule has 23 heavy (non-hydrogen) atoms. The minimum absolute atomic E-state index is 0.105. The zero-order valence-corrected chi connectivity index (χ0v) is 13.8. The van der Waals surface area contributed by atoms with Crippen LogP contribution in [0.15, 0.2) is 42.5 Å². The lowest BCUT2D eigenvalue weighted by molar-refractivity contribution is -0.119. The van der Waals surface area contributed by atoms with E-state index in [0.717, 1.165) is 42.0 Å². The quantitative estimate of drug-likeness (QED) is 0.916. The second kappa shape index (κ2) is 6.71. The number of amides is 1. The summed E-state index contributed by atoms with van der Waals surface area (Å²) in [5.41, 5.74) is 0.747. The number of carbonyl (C=O) groups is 1. The predicted octanol–water partition coefficient (Wildman–Crippen LogP) is 2.81. The van der Waals surface area contributed by atoms with Crippen molar-refractivity contribution in [1.82, 2.24) is 5.32 Å². The van der Waals surface area contributed by atoms with Gasteiger partial charge < -0.3 is 5.32 Å². The van der Waals surface area contributed by atoms with Gasteiger partial charge in [0.15, 0.2) is 9.84 Å². The molecular weight excluding hydrogens is 310 g/mol. The molecule has 1 fully saturated rings. The molecule has 0 spiro atoms. The van der Waals surface area contributed by atoms with Crippen LogP contribution in [0, 0.1) is 0 Å². The van der Waals surface area contributed by atoms with Crippen LogP contribution < -0.4 is 5.32 Å². The molecular formula is C18H21NO3S. The third kappa shape index (κ3) is 4.10. The van der Waals surface area contributed by atoms with Crippen LogP contribution in [-0.2, 0) is 20.4 Å². The molecule has 122 valence electrons. The highest BCUT2D eigenvalue weighted by atomic mass is 32.2. The van der Waals surface area contributed by atoms with E-state index in [-0.39, 0.29) is 17.7 Å². The van der Waals surface area contributed by atoms with Crippen molar-refractivity contribution in [2.24, 2.45) is 0 Å². The molecule has 2 aromatic rings. The molecule has 0 saturated heterocycles. The van der Waals surface area contributed by atoms with E-state index in [4.69, 9.17) is 0 Å². The Morgan fingerprint density at radius 1 is 1.04 bits per heavy atom. The van der Waals surface area contributed by atoms with Crippen molar-refractivity contribution in [3.05, 3.63) is 48.0 Å². The van der Waals surface area contributed by atoms with Gasteiger partial charge in [-0.05, 0) is 29.2 Å². The van der Waals surface area contributed by atoms with Crippen molar-refractivity contribution in [3.63, 3.8) is 0 Å². The van der Waals surface area contributed by atoms with Crippen LogP contribution in [0.5, 0.6) is 0 Å². The molecule has 0 heterocycles. The van der Waals surface area contributed by atoms with E-state index in [1.807, 2.05) is 42.5 Å². The fraction of sp³-hybridized carbons (Fsp3) is 0.389. The Kier molecular flexibility index (Phi) is 4.66. The number of benzene rings is 2. The highest BCUT2D eigenvalue weighted by molar-refractivity contribution is 7.91. The minimum atomic E-state index is -3.48. The van der Waals surface area contributed by atoms with E-state index in [2.05, 4.69) is 5.32 Å². The number of rotatable bonds is 5. The number of carbonyl (C=O) groups excluding carboxylic acids is 1. The van der Waals surface area contributed by atoms with Gasteiger partial charge in [-0.15, -0.1) is 0 Å². The van der Waals surface area contributed by atoms with Crippen LogP contribution >= 0.6 is 0 Å². The van der Waals surface area contributed by atoms with Gasteiger partial charge in [-0.25, -0.2) is 8.42 Å². The first-order valence-electron chi connectivity index (χ1n) is 8.00. The summed E-state index contributed by atoms with van der Waals surface area (Å²) in [6, 6.07) is 13.5. The first-order chi connectivity index (χ1) is 11.0. The zero-order valence-electron chi connectivity index (χ0n) is 13.0. The second-order valence-electron chi connectivity index (χ2n) is 6.22. The van der Waals surface area contributed by atoms with Crippen LogP contribution in [0.1, 0.15) is 31.2 Å². The molecule has 0 atom stereocenters. The number of hydrogen-bond donors (Lipinski definition) is 1. The number of hydrogen-bond acceptors (Lipinski definition) is 3. The largest absolute Gasteiger partial charge is 0.352 e. The molecule has 0 aliphatic heterocycles. The maximum atomic E-state index is 12.4. The number of nitrogens with one attached hydrogen (secondary N) is 1. The predicted molar refractivity (Wildman–Crippen MR) is 91.8 cm³/mol. The smallest absolute Gasteiger partial charge is 0.235 e. The van der Waals surface area contributed by atoms with Crippen molar-refractivity contribution < 1.29 is 13.2 Å². The monoisotopic (exact) mass is 331 g/mol. The molecule has 4 nitrogen and oxygen atoms in total. The molecule has 0 bridgehead atoms. The average Bonchev–Trinajstić information content (AvgIpc) is 2.99. The minimum Gasteiger partial charge on any atom is -0.352 e. The third-order valence-corrected chi connectivity index (χ3v) is 5.78. The molecule has 1 N–H and O–H groups in total. The van der Waals surface area contributed by atoms with Crippen LogP contribution in [0.4, 0.5) is 0 Å². The molecule has 0 unspecified atom stereocenters. The molecule has 2 aromatic carbocycles. The summed E-state index contributed by atoms with van der Waals surface area (Å²) in [5, 5.41) is 4.78. The first-order valence-corrected chi connectivity index (χ1v) is 9.82. The van der Waals surface area contributed by atoms with Crippen LogP contribution in [0.3, 0.4) is 0 Å². The van der Waals surface area contributed by atoms with E-state index < -0.39 is 15.6 Å². The fourth-order valence-electron chi connectivity index (χ4n) is 3.25.